The van der Waals surface area contributed by atoms with Crippen molar-refractivity contribution in [1.29, 1.82) is 0 Å². The Morgan fingerprint density at radius 3 is 2.59 bits per heavy atom. The SMILES string of the molecule is CC(=O)C(N)C1CN(c2ccc3c(c2)CCCN(c2c(F)cc4c(=O)c(C(=O)O)cn(C5CC5)c4c2F)C3)C(=O)O1. The van der Waals surface area contributed by atoms with E-state index < -0.39 is 46.8 Å². The number of nitrogens with zero attached hydrogens (tertiary/aromatic N) is 3. The second-order valence-electron chi connectivity index (χ2n) is 10.9. The number of carbonyl (C=O) groups excluding carboxylic acids is 2. The van der Waals surface area contributed by atoms with Crippen molar-refractivity contribution in [3.05, 3.63) is 69.0 Å². The Kier molecular flexibility index (Phi) is 6.52. The standard InChI is InChI=1S/C29H28F2N4O6/c1-14(36)24(32)22-13-35(29(40)41-22)18-5-4-16-11-33(8-2-3-15(16)9-18)26-21(30)10-19-25(23(26)31)34(17-6-7-17)12-20(27(19)37)28(38)39/h4-5,9-10,12,17,22,24H,2-3,6-8,11,13,32H2,1H3,(H,38,39). The first kappa shape index (κ1) is 26.9. The molecule has 12 heteroatoms. The van der Waals surface area contributed by atoms with E-state index in [1.165, 1.54) is 16.4 Å². The van der Waals surface area contributed by atoms with Gasteiger partial charge in [-0.25, -0.2) is 18.4 Å². The molecular formula is C29H28F2N4O6. The van der Waals surface area contributed by atoms with Crippen LogP contribution in [-0.2, 0) is 22.5 Å². The normalized spacial score (nSPS) is 19.6. The molecule has 2 aliphatic heterocycles. The number of hydrogen-bond acceptors (Lipinski definition) is 7. The van der Waals surface area contributed by atoms with Gasteiger partial charge in [0.25, 0.3) is 0 Å². The van der Waals surface area contributed by atoms with Gasteiger partial charge in [-0.1, -0.05) is 6.07 Å². The monoisotopic (exact) mass is 566 g/mol. The number of benzene rings is 2. The number of fused-ring (bicyclic) bond motifs is 2. The number of rotatable bonds is 6. The lowest BCUT2D eigenvalue weighted by Crippen LogP contribution is -2.43. The Balaban J connectivity index is 1.35. The van der Waals surface area contributed by atoms with Crippen molar-refractivity contribution < 1.29 is 33.0 Å². The zero-order chi connectivity index (χ0) is 29.2. The molecule has 0 bridgehead atoms. The van der Waals surface area contributed by atoms with Gasteiger partial charge in [0.1, 0.15) is 35.0 Å². The van der Waals surface area contributed by atoms with Crippen molar-refractivity contribution >= 4 is 40.1 Å². The zero-order valence-corrected chi connectivity index (χ0v) is 22.2. The van der Waals surface area contributed by atoms with E-state index in [1.807, 2.05) is 6.07 Å². The average Bonchev–Trinajstić information content (AvgIpc) is 3.72. The Labute approximate surface area is 232 Å². The first-order valence-electron chi connectivity index (χ1n) is 13.5. The van der Waals surface area contributed by atoms with E-state index in [1.54, 1.807) is 17.0 Å². The summed E-state index contributed by atoms with van der Waals surface area (Å²) in [7, 11) is 0. The lowest BCUT2D eigenvalue weighted by molar-refractivity contribution is -0.120. The highest BCUT2D eigenvalue weighted by Crippen LogP contribution is 2.40. The third-order valence-electron chi connectivity index (χ3n) is 8.11. The van der Waals surface area contributed by atoms with Crippen LogP contribution in [0, 0.1) is 11.6 Å². The second kappa shape index (κ2) is 9.95. The maximum atomic E-state index is 16.2. The number of ketones is 1. The molecule has 3 heterocycles. The van der Waals surface area contributed by atoms with Gasteiger partial charge in [0, 0.05) is 31.0 Å². The van der Waals surface area contributed by atoms with Crippen LogP contribution in [0.5, 0.6) is 0 Å². The van der Waals surface area contributed by atoms with E-state index in [4.69, 9.17) is 10.5 Å². The van der Waals surface area contributed by atoms with Crippen LogP contribution in [0.25, 0.3) is 10.9 Å². The van der Waals surface area contributed by atoms with Gasteiger partial charge < -0.3 is 25.0 Å². The van der Waals surface area contributed by atoms with E-state index in [2.05, 4.69) is 0 Å². The number of Topliss-reactive ketones (excluding diaryl/α,β-unsaturated/α-hetero) is 1. The number of cyclic esters (lactones) is 1. The summed E-state index contributed by atoms with van der Waals surface area (Å²) >= 11 is 0. The number of anilines is 2. The number of ether oxygens (including phenoxy) is 1. The van der Waals surface area contributed by atoms with Crippen LogP contribution in [0.1, 0.15) is 53.7 Å². The van der Waals surface area contributed by atoms with Gasteiger partial charge in [-0.15, -0.1) is 0 Å². The highest BCUT2D eigenvalue weighted by atomic mass is 19.1. The van der Waals surface area contributed by atoms with Gasteiger partial charge in [-0.05, 0) is 61.9 Å². The quantitative estimate of drug-likeness (QED) is 0.463. The summed E-state index contributed by atoms with van der Waals surface area (Å²) in [6.07, 6.45) is 2.35. The van der Waals surface area contributed by atoms with E-state index in [9.17, 15) is 24.3 Å². The van der Waals surface area contributed by atoms with E-state index in [0.717, 1.165) is 23.4 Å². The largest absolute Gasteiger partial charge is 0.477 e. The van der Waals surface area contributed by atoms with Crippen LogP contribution in [0.3, 0.4) is 0 Å². The lowest BCUT2D eigenvalue weighted by Gasteiger charge is -2.26. The van der Waals surface area contributed by atoms with Crippen molar-refractivity contribution in [3.8, 4) is 0 Å². The number of aromatic nitrogens is 1. The van der Waals surface area contributed by atoms with Gasteiger partial charge in [0.2, 0.25) is 5.43 Å². The van der Waals surface area contributed by atoms with E-state index in [-0.39, 0.29) is 41.5 Å². The fraction of sp³-hybridized carbons (Fsp3) is 0.379. The molecule has 6 rings (SSSR count). The molecule has 2 fully saturated rings. The molecular weight excluding hydrogens is 538 g/mol. The van der Waals surface area contributed by atoms with Crippen molar-refractivity contribution in [2.24, 2.45) is 5.73 Å². The maximum Gasteiger partial charge on any atom is 0.414 e. The van der Waals surface area contributed by atoms with Gasteiger partial charge in [0.05, 0.1) is 17.4 Å². The van der Waals surface area contributed by atoms with Crippen LogP contribution in [-0.4, -0.2) is 52.8 Å². The lowest BCUT2D eigenvalue weighted by atomic mass is 10.0. The molecule has 2 atom stereocenters. The molecule has 214 valence electrons. The number of carboxylic acid groups (broad SMARTS) is 1. The molecule has 3 aliphatic rings. The summed E-state index contributed by atoms with van der Waals surface area (Å²) in [5, 5.41) is 9.18. The number of pyridine rings is 1. The predicted octanol–water partition coefficient (Wildman–Crippen LogP) is 3.51. The molecule has 1 aromatic heterocycles. The van der Waals surface area contributed by atoms with Crippen LogP contribution in [0.2, 0.25) is 0 Å². The molecule has 3 aromatic rings. The fourth-order valence-electron chi connectivity index (χ4n) is 5.76. The molecule has 0 radical (unpaired) electrons. The maximum absolute atomic E-state index is 16.2. The van der Waals surface area contributed by atoms with E-state index >= 15 is 8.78 Å². The van der Waals surface area contributed by atoms with Gasteiger partial charge >= 0.3 is 12.1 Å². The van der Waals surface area contributed by atoms with Crippen molar-refractivity contribution in [2.75, 3.05) is 22.9 Å². The summed E-state index contributed by atoms with van der Waals surface area (Å²) < 4.78 is 38.5. The van der Waals surface area contributed by atoms with Crippen molar-refractivity contribution in [2.45, 2.75) is 57.3 Å². The Hall–Kier alpha value is -4.32. The number of amides is 1. The van der Waals surface area contributed by atoms with Gasteiger partial charge in [-0.3, -0.25) is 14.5 Å². The summed E-state index contributed by atoms with van der Waals surface area (Å²) in [5.41, 5.74) is 6.37. The minimum Gasteiger partial charge on any atom is -0.477 e. The molecule has 1 saturated heterocycles. The second-order valence-corrected chi connectivity index (χ2v) is 10.9. The highest BCUT2D eigenvalue weighted by Gasteiger charge is 2.38. The first-order valence-corrected chi connectivity index (χ1v) is 13.5. The molecule has 1 amide bonds. The molecule has 1 aliphatic carbocycles. The number of nitrogens with two attached hydrogens (primary N) is 1. The summed E-state index contributed by atoms with van der Waals surface area (Å²) in [4.78, 5) is 51.7. The van der Waals surface area contributed by atoms with Crippen molar-refractivity contribution in [3.63, 3.8) is 0 Å². The topological polar surface area (TPSA) is 135 Å². The highest BCUT2D eigenvalue weighted by molar-refractivity contribution is 5.94. The molecule has 41 heavy (non-hydrogen) atoms. The summed E-state index contributed by atoms with van der Waals surface area (Å²) in [6, 6.07) is 5.22. The van der Waals surface area contributed by atoms with E-state index in [0.29, 0.717) is 37.9 Å². The number of carboxylic acids is 1. The minimum absolute atomic E-state index is 0.0930. The molecule has 3 N–H and O–H groups in total. The third-order valence-corrected chi connectivity index (χ3v) is 8.11. The van der Waals surface area contributed by atoms with Crippen LogP contribution in [0.15, 0.2) is 35.3 Å². The third kappa shape index (κ3) is 4.61. The number of aromatic carboxylic acids is 1. The predicted molar refractivity (Wildman–Crippen MR) is 145 cm³/mol. The molecule has 2 unspecified atom stereocenters. The Bertz CT molecular complexity index is 1680. The van der Waals surface area contributed by atoms with Gasteiger partial charge in [-0.2, -0.15) is 0 Å². The molecule has 2 aromatic carbocycles. The number of hydrogen-bond donors (Lipinski definition) is 2. The number of halogens is 2. The average molecular weight is 567 g/mol. The number of aryl methyl sites for hydroxylation is 1. The molecule has 1 saturated carbocycles. The number of carbonyl (C=O) groups is 3. The van der Waals surface area contributed by atoms with Crippen LogP contribution in [0.4, 0.5) is 25.0 Å². The van der Waals surface area contributed by atoms with Gasteiger partial charge in [0.15, 0.2) is 5.82 Å². The Morgan fingerprint density at radius 1 is 1.15 bits per heavy atom. The minimum atomic E-state index is -1.45. The fourth-order valence-corrected chi connectivity index (χ4v) is 5.76. The summed E-state index contributed by atoms with van der Waals surface area (Å²) in [6.45, 7) is 1.97. The zero-order valence-electron chi connectivity index (χ0n) is 22.2. The van der Waals surface area contributed by atoms with Crippen LogP contribution >= 0.6 is 0 Å². The first-order chi connectivity index (χ1) is 19.5. The summed E-state index contributed by atoms with van der Waals surface area (Å²) in [5.74, 6) is -3.56. The van der Waals surface area contributed by atoms with Crippen LogP contribution < -0.4 is 21.0 Å². The molecule has 0 spiro atoms. The smallest absolute Gasteiger partial charge is 0.414 e. The molecule has 10 nitrogen and oxygen atoms in total. The van der Waals surface area contributed by atoms with Crippen molar-refractivity contribution in [1.82, 2.24) is 4.57 Å². The Morgan fingerprint density at radius 2 is 1.90 bits per heavy atom.